The fourth-order valence-electron chi connectivity index (χ4n) is 2.95. The zero-order chi connectivity index (χ0) is 21.5. The van der Waals surface area contributed by atoms with E-state index < -0.39 is 5.91 Å². The molecule has 0 fully saturated rings. The lowest BCUT2D eigenvalue weighted by Crippen LogP contribution is -2.26. The molecule has 0 aliphatic heterocycles. The van der Waals surface area contributed by atoms with Crippen molar-refractivity contribution in [1.82, 2.24) is 15.3 Å². The highest BCUT2D eigenvalue weighted by Crippen LogP contribution is 2.25. The van der Waals surface area contributed by atoms with Crippen molar-refractivity contribution < 1.29 is 14.3 Å². The van der Waals surface area contributed by atoms with Crippen molar-refractivity contribution in [3.63, 3.8) is 0 Å². The number of nitrogens with two attached hydrogens (primary N) is 1. The first kappa shape index (κ1) is 20.9. The third-order valence-electron chi connectivity index (χ3n) is 4.53. The van der Waals surface area contributed by atoms with E-state index in [0.717, 1.165) is 16.8 Å². The maximum atomic E-state index is 12.1. The van der Waals surface area contributed by atoms with E-state index in [9.17, 15) is 9.59 Å². The summed E-state index contributed by atoms with van der Waals surface area (Å²) in [6.07, 6.45) is 1.64. The number of hydrogen-bond acceptors (Lipinski definition) is 6. The smallest absolute Gasteiger partial charge is 0.251 e. The predicted molar refractivity (Wildman–Crippen MR) is 115 cm³/mol. The van der Waals surface area contributed by atoms with Crippen molar-refractivity contribution >= 4 is 23.5 Å². The zero-order valence-corrected chi connectivity index (χ0v) is 16.8. The first-order chi connectivity index (χ1) is 14.5. The van der Waals surface area contributed by atoms with E-state index in [-0.39, 0.29) is 5.91 Å². The molecule has 8 heteroatoms. The van der Waals surface area contributed by atoms with Gasteiger partial charge < -0.3 is 21.1 Å². The standard InChI is InChI=1S/C22H23N5O3/c1-14-17(4-3-5-18(14)20(23)28)19-10-11-25-22(27-19)26-16-8-6-15(7-9-16)21(29)24-12-13-30-2/h3-11H,12-13H2,1-2H3,(H2,23,28)(H,24,29)(H,25,26,27). The van der Waals surface area contributed by atoms with Crippen molar-refractivity contribution in [2.45, 2.75) is 6.92 Å². The number of ether oxygens (including phenoxy) is 1. The van der Waals surface area contributed by atoms with Gasteiger partial charge in [-0.05, 0) is 48.9 Å². The molecule has 154 valence electrons. The Labute approximate surface area is 174 Å². The summed E-state index contributed by atoms with van der Waals surface area (Å²) < 4.78 is 4.92. The molecule has 0 atom stereocenters. The number of rotatable bonds is 8. The number of aromatic nitrogens is 2. The summed E-state index contributed by atoms with van der Waals surface area (Å²) in [5.41, 5.74) is 9.42. The van der Waals surface area contributed by atoms with Gasteiger partial charge in [0, 0.05) is 42.2 Å². The summed E-state index contributed by atoms with van der Waals surface area (Å²) in [6.45, 7) is 2.74. The number of primary amides is 1. The Morgan fingerprint density at radius 1 is 1.10 bits per heavy atom. The first-order valence-corrected chi connectivity index (χ1v) is 9.36. The van der Waals surface area contributed by atoms with Crippen molar-refractivity contribution in [2.75, 3.05) is 25.6 Å². The lowest BCUT2D eigenvalue weighted by atomic mass is 9.99. The maximum absolute atomic E-state index is 12.1. The number of anilines is 2. The molecule has 3 aromatic rings. The van der Waals surface area contributed by atoms with Crippen LogP contribution in [0.4, 0.5) is 11.6 Å². The number of amides is 2. The molecule has 8 nitrogen and oxygen atoms in total. The Morgan fingerprint density at radius 3 is 2.57 bits per heavy atom. The van der Waals surface area contributed by atoms with Crippen molar-refractivity contribution in [3.8, 4) is 11.3 Å². The minimum atomic E-state index is -0.479. The highest BCUT2D eigenvalue weighted by molar-refractivity contribution is 5.96. The van der Waals surface area contributed by atoms with Gasteiger partial charge in [-0.25, -0.2) is 9.97 Å². The molecule has 1 aromatic heterocycles. The molecule has 2 aromatic carbocycles. The third kappa shape index (κ3) is 4.98. The van der Waals surface area contributed by atoms with Crippen LogP contribution in [0.15, 0.2) is 54.7 Å². The van der Waals surface area contributed by atoms with Crippen molar-refractivity contribution in [2.24, 2.45) is 5.73 Å². The minimum Gasteiger partial charge on any atom is -0.383 e. The molecule has 3 rings (SSSR count). The van der Waals surface area contributed by atoms with E-state index in [1.807, 2.05) is 13.0 Å². The number of nitrogens with zero attached hydrogens (tertiary/aromatic N) is 2. The number of nitrogens with one attached hydrogen (secondary N) is 2. The first-order valence-electron chi connectivity index (χ1n) is 9.36. The molecular weight excluding hydrogens is 382 g/mol. The molecule has 0 saturated carbocycles. The second-order valence-electron chi connectivity index (χ2n) is 6.56. The monoisotopic (exact) mass is 405 g/mol. The lowest BCUT2D eigenvalue weighted by molar-refractivity contribution is 0.0936. The van der Waals surface area contributed by atoms with E-state index in [0.29, 0.717) is 35.9 Å². The zero-order valence-electron chi connectivity index (χ0n) is 16.8. The fraction of sp³-hybridized carbons (Fsp3) is 0.182. The molecule has 4 N–H and O–H groups in total. The number of methoxy groups -OCH3 is 1. The van der Waals surface area contributed by atoms with Gasteiger partial charge in [0.05, 0.1) is 12.3 Å². The quantitative estimate of drug-likeness (QED) is 0.496. The van der Waals surface area contributed by atoms with Gasteiger partial charge in [0.1, 0.15) is 0 Å². The van der Waals surface area contributed by atoms with Gasteiger partial charge >= 0.3 is 0 Å². The van der Waals surface area contributed by atoms with Gasteiger partial charge in [0.15, 0.2) is 0 Å². The molecular formula is C22H23N5O3. The molecule has 0 radical (unpaired) electrons. The predicted octanol–water partition coefficient (Wildman–Crippen LogP) is 2.67. The highest BCUT2D eigenvalue weighted by atomic mass is 16.5. The van der Waals surface area contributed by atoms with Gasteiger partial charge in [-0.15, -0.1) is 0 Å². The average Bonchev–Trinajstić information content (AvgIpc) is 2.74. The van der Waals surface area contributed by atoms with Gasteiger partial charge in [-0.2, -0.15) is 0 Å². The van der Waals surface area contributed by atoms with Crippen LogP contribution < -0.4 is 16.4 Å². The van der Waals surface area contributed by atoms with Gasteiger partial charge in [-0.3, -0.25) is 9.59 Å². The third-order valence-corrected chi connectivity index (χ3v) is 4.53. The average molecular weight is 405 g/mol. The molecule has 0 saturated heterocycles. The van der Waals surface area contributed by atoms with Gasteiger partial charge in [-0.1, -0.05) is 12.1 Å². The number of hydrogen-bond donors (Lipinski definition) is 3. The maximum Gasteiger partial charge on any atom is 0.251 e. The molecule has 0 bridgehead atoms. The molecule has 0 aliphatic carbocycles. The summed E-state index contributed by atoms with van der Waals surface area (Å²) >= 11 is 0. The Bertz CT molecular complexity index is 1050. The Kier molecular flexibility index (Phi) is 6.71. The molecule has 0 aliphatic rings. The van der Waals surface area contributed by atoms with Crippen LogP contribution in [0.5, 0.6) is 0 Å². The topological polar surface area (TPSA) is 119 Å². The molecule has 0 spiro atoms. The normalized spacial score (nSPS) is 10.5. The Morgan fingerprint density at radius 2 is 1.87 bits per heavy atom. The van der Waals surface area contributed by atoms with Gasteiger partial charge in [0.25, 0.3) is 5.91 Å². The van der Waals surface area contributed by atoms with Crippen LogP contribution >= 0.6 is 0 Å². The van der Waals surface area contributed by atoms with Crippen LogP contribution in [0.3, 0.4) is 0 Å². The second kappa shape index (κ2) is 9.62. The van der Waals surface area contributed by atoms with Crippen LogP contribution in [-0.4, -0.2) is 42.0 Å². The van der Waals surface area contributed by atoms with Crippen molar-refractivity contribution in [3.05, 3.63) is 71.4 Å². The molecule has 0 unspecified atom stereocenters. The number of carbonyl (C=O) groups excluding carboxylic acids is 2. The summed E-state index contributed by atoms with van der Waals surface area (Å²) in [5.74, 6) is -0.247. The molecule has 30 heavy (non-hydrogen) atoms. The van der Waals surface area contributed by atoms with Gasteiger partial charge in [0.2, 0.25) is 11.9 Å². The summed E-state index contributed by atoms with van der Waals surface area (Å²) in [4.78, 5) is 32.4. The Balaban J connectivity index is 1.75. The largest absolute Gasteiger partial charge is 0.383 e. The highest BCUT2D eigenvalue weighted by Gasteiger charge is 2.12. The lowest BCUT2D eigenvalue weighted by Gasteiger charge is -2.11. The van der Waals surface area contributed by atoms with Crippen LogP contribution in [0, 0.1) is 6.92 Å². The Hall–Kier alpha value is -3.78. The van der Waals surface area contributed by atoms with E-state index in [4.69, 9.17) is 10.5 Å². The van der Waals surface area contributed by atoms with E-state index in [2.05, 4.69) is 20.6 Å². The number of carbonyl (C=O) groups is 2. The van der Waals surface area contributed by atoms with Crippen LogP contribution in [0.2, 0.25) is 0 Å². The summed E-state index contributed by atoms with van der Waals surface area (Å²) in [5, 5.41) is 5.89. The SMILES string of the molecule is COCCNC(=O)c1ccc(Nc2nccc(-c3cccc(C(N)=O)c3C)n2)cc1. The van der Waals surface area contributed by atoms with E-state index >= 15 is 0 Å². The molecule has 1 heterocycles. The fourth-order valence-corrected chi connectivity index (χ4v) is 2.95. The van der Waals surface area contributed by atoms with E-state index in [1.165, 1.54) is 0 Å². The second-order valence-corrected chi connectivity index (χ2v) is 6.56. The molecule has 2 amide bonds. The van der Waals surface area contributed by atoms with E-state index in [1.54, 1.807) is 55.8 Å². The van der Waals surface area contributed by atoms with Crippen molar-refractivity contribution in [1.29, 1.82) is 0 Å². The van der Waals surface area contributed by atoms with Crippen LogP contribution in [0.1, 0.15) is 26.3 Å². The van der Waals surface area contributed by atoms with Crippen LogP contribution in [0.25, 0.3) is 11.3 Å². The number of benzene rings is 2. The van der Waals surface area contributed by atoms with Crippen LogP contribution in [-0.2, 0) is 4.74 Å². The minimum absolute atomic E-state index is 0.165. The summed E-state index contributed by atoms with van der Waals surface area (Å²) in [6, 6.07) is 14.1. The summed E-state index contributed by atoms with van der Waals surface area (Å²) in [7, 11) is 1.58.